The molecule has 3 nitrogen and oxygen atoms in total. The first-order valence-electron chi connectivity index (χ1n) is 5.39. The van der Waals surface area contributed by atoms with Crippen LogP contribution in [0.1, 0.15) is 18.2 Å². The highest BCUT2D eigenvalue weighted by molar-refractivity contribution is 9.10. The average Bonchev–Trinajstić information content (AvgIpc) is 2.34. The van der Waals surface area contributed by atoms with Crippen molar-refractivity contribution in [1.82, 2.24) is 0 Å². The molecule has 0 aliphatic heterocycles. The first kappa shape index (κ1) is 12.2. The number of methoxy groups -OCH3 is 1. The second-order valence-electron chi connectivity index (χ2n) is 3.79. The van der Waals surface area contributed by atoms with Crippen molar-refractivity contribution < 1.29 is 9.15 Å². The van der Waals surface area contributed by atoms with Crippen molar-refractivity contribution in [3.05, 3.63) is 38.2 Å². The van der Waals surface area contributed by atoms with Gasteiger partial charge in [0.25, 0.3) is 0 Å². The van der Waals surface area contributed by atoms with Crippen LogP contribution in [0.4, 0.5) is 0 Å². The summed E-state index contributed by atoms with van der Waals surface area (Å²) in [5.74, 6) is 1.39. The maximum Gasteiger partial charge on any atom is 0.207 e. The Morgan fingerprint density at radius 2 is 2.12 bits per heavy atom. The predicted octanol–water partition coefficient (Wildman–Crippen LogP) is 3.43. The second kappa shape index (κ2) is 4.53. The molecule has 17 heavy (non-hydrogen) atoms. The molecule has 0 saturated heterocycles. The van der Waals surface area contributed by atoms with Crippen molar-refractivity contribution in [2.45, 2.75) is 20.3 Å². The van der Waals surface area contributed by atoms with Crippen molar-refractivity contribution in [3.8, 4) is 5.75 Å². The third-order valence-electron chi connectivity index (χ3n) is 2.81. The Bertz CT molecular complexity index is 629. The Balaban J connectivity index is 2.92. The molecule has 2 rings (SSSR count). The normalized spacial score (nSPS) is 10.8. The van der Waals surface area contributed by atoms with Crippen LogP contribution < -0.4 is 10.2 Å². The highest BCUT2D eigenvalue weighted by Gasteiger charge is 2.14. The summed E-state index contributed by atoms with van der Waals surface area (Å²) in [7, 11) is 1.60. The first-order chi connectivity index (χ1) is 8.10. The molecular weight excluding hydrogens is 284 g/mol. The van der Waals surface area contributed by atoms with Crippen molar-refractivity contribution in [1.29, 1.82) is 0 Å². The Labute approximate surface area is 108 Å². The molecule has 0 fully saturated rings. The van der Waals surface area contributed by atoms with Gasteiger partial charge in [0, 0.05) is 12.0 Å². The van der Waals surface area contributed by atoms with E-state index in [0.29, 0.717) is 27.6 Å². The number of benzene rings is 1. The second-order valence-corrected chi connectivity index (χ2v) is 4.58. The van der Waals surface area contributed by atoms with Crippen molar-refractivity contribution in [2.24, 2.45) is 0 Å². The maximum atomic E-state index is 12.1. The van der Waals surface area contributed by atoms with Gasteiger partial charge in [-0.2, -0.15) is 0 Å². The lowest BCUT2D eigenvalue weighted by Gasteiger charge is -2.09. The smallest absolute Gasteiger partial charge is 0.207 e. The minimum Gasteiger partial charge on any atom is -0.496 e. The summed E-state index contributed by atoms with van der Waals surface area (Å²) < 4.78 is 11.5. The molecular formula is C13H13BrO3. The molecule has 0 amide bonds. The molecule has 0 saturated carbocycles. The number of hydrogen-bond donors (Lipinski definition) is 0. The molecule has 1 heterocycles. The molecule has 4 heteroatoms. The Morgan fingerprint density at radius 1 is 1.41 bits per heavy atom. The van der Waals surface area contributed by atoms with Crippen molar-refractivity contribution >= 4 is 26.9 Å². The lowest BCUT2D eigenvalue weighted by atomic mass is 10.1. The summed E-state index contributed by atoms with van der Waals surface area (Å²) >= 11 is 3.28. The van der Waals surface area contributed by atoms with E-state index in [9.17, 15) is 4.79 Å². The zero-order valence-electron chi connectivity index (χ0n) is 9.96. The van der Waals surface area contributed by atoms with Gasteiger partial charge in [0.2, 0.25) is 5.43 Å². The molecule has 0 atom stereocenters. The Kier molecular flexibility index (Phi) is 3.24. The quantitative estimate of drug-likeness (QED) is 0.852. The topological polar surface area (TPSA) is 39.4 Å². The standard InChI is InChI=1S/C13H13BrO3/c1-4-9-11(14)12(15)8-5-6-10(16-3)7(2)13(8)17-9/h5-6H,4H2,1-3H3. The van der Waals surface area contributed by atoms with E-state index in [4.69, 9.17) is 9.15 Å². The fraction of sp³-hybridized carbons (Fsp3) is 0.308. The number of hydrogen-bond acceptors (Lipinski definition) is 3. The lowest BCUT2D eigenvalue weighted by Crippen LogP contribution is -2.06. The Morgan fingerprint density at radius 3 is 2.71 bits per heavy atom. The number of aryl methyl sites for hydroxylation is 2. The van der Waals surface area contributed by atoms with Crippen LogP contribution in [0.3, 0.4) is 0 Å². The first-order valence-corrected chi connectivity index (χ1v) is 6.18. The summed E-state index contributed by atoms with van der Waals surface area (Å²) in [5, 5.41) is 0.576. The van der Waals surface area contributed by atoms with E-state index in [1.165, 1.54) is 0 Å². The molecule has 90 valence electrons. The summed E-state index contributed by atoms with van der Waals surface area (Å²) in [4.78, 5) is 12.1. The minimum absolute atomic E-state index is 0.0335. The molecule has 0 spiro atoms. The number of rotatable bonds is 2. The number of fused-ring (bicyclic) bond motifs is 1. The third kappa shape index (κ3) is 1.86. The van der Waals surface area contributed by atoms with Crippen molar-refractivity contribution in [3.63, 3.8) is 0 Å². The lowest BCUT2D eigenvalue weighted by molar-refractivity contribution is 0.410. The van der Waals surface area contributed by atoms with Crippen LogP contribution in [-0.2, 0) is 6.42 Å². The third-order valence-corrected chi connectivity index (χ3v) is 3.61. The van der Waals surface area contributed by atoms with Crippen LogP contribution >= 0.6 is 15.9 Å². The van der Waals surface area contributed by atoms with Gasteiger partial charge >= 0.3 is 0 Å². The molecule has 0 aliphatic carbocycles. The molecule has 0 N–H and O–H groups in total. The molecule has 1 aromatic heterocycles. The molecule has 1 aromatic carbocycles. The van der Waals surface area contributed by atoms with Gasteiger partial charge in [-0.15, -0.1) is 0 Å². The van der Waals surface area contributed by atoms with Gasteiger partial charge in [0.15, 0.2) is 0 Å². The van der Waals surface area contributed by atoms with Crippen LogP contribution in [-0.4, -0.2) is 7.11 Å². The van der Waals surface area contributed by atoms with Gasteiger partial charge < -0.3 is 9.15 Å². The van der Waals surface area contributed by atoms with E-state index in [2.05, 4.69) is 15.9 Å². The van der Waals surface area contributed by atoms with Gasteiger partial charge in [-0.1, -0.05) is 6.92 Å². The maximum absolute atomic E-state index is 12.1. The monoisotopic (exact) mass is 296 g/mol. The van der Waals surface area contributed by atoms with E-state index in [1.54, 1.807) is 19.2 Å². The molecule has 0 aliphatic rings. The fourth-order valence-electron chi connectivity index (χ4n) is 1.85. The summed E-state index contributed by atoms with van der Waals surface area (Å²) in [5.41, 5.74) is 1.42. The summed E-state index contributed by atoms with van der Waals surface area (Å²) in [6, 6.07) is 3.52. The van der Waals surface area contributed by atoms with Crippen LogP contribution in [0.2, 0.25) is 0 Å². The minimum atomic E-state index is -0.0335. The Hall–Kier alpha value is -1.29. The largest absolute Gasteiger partial charge is 0.496 e. The summed E-state index contributed by atoms with van der Waals surface area (Å²) in [6.07, 6.45) is 0.669. The molecule has 0 bridgehead atoms. The van der Waals surface area contributed by atoms with E-state index >= 15 is 0 Å². The van der Waals surface area contributed by atoms with E-state index < -0.39 is 0 Å². The zero-order valence-corrected chi connectivity index (χ0v) is 11.6. The highest BCUT2D eigenvalue weighted by atomic mass is 79.9. The summed E-state index contributed by atoms with van der Waals surface area (Å²) in [6.45, 7) is 3.84. The molecule has 0 radical (unpaired) electrons. The van der Waals surface area contributed by atoms with Gasteiger partial charge in [-0.05, 0) is 35.0 Å². The van der Waals surface area contributed by atoms with Gasteiger partial charge in [0.05, 0.1) is 12.5 Å². The van der Waals surface area contributed by atoms with E-state index in [1.807, 2.05) is 13.8 Å². The van der Waals surface area contributed by atoms with E-state index in [0.717, 1.165) is 11.3 Å². The molecule has 2 aromatic rings. The number of halogens is 1. The van der Waals surface area contributed by atoms with Crippen molar-refractivity contribution in [2.75, 3.05) is 7.11 Å². The van der Waals surface area contributed by atoms with Crippen LogP contribution in [0.15, 0.2) is 25.8 Å². The van der Waals surface area contributed by atoms with Crippen LogP contribution in [0, 0.1) is 6.92 Å². The fourth-order valence-corrected chi connectivity index (χ4v) is 2.42. The van der Waals surface area contributed by atoms with Gasteiger partial charge in [0.1, 0.15) is 21.6 Å². The van der Waals surface area contributed by atoms with Crippen LogP contribution in [0.25, 0.3) is 11.0 Å². The average molecular weight is 297 g/mol. The van der Waals surface area contributed by atoms with E-state index in [-0.39, 0.29) is 5.43 Å². The highest BCUT2D eigenvalue weighted by Crippen LogP contribution is 2.28. The van der Waals surface area contributed by atoms with Gasteiger partial charge in [-0.3, -0.25) is 4.79 Å². The zero-order chi connectivity index (χ0) is 12.6. The van der Waals surface area contributed by atoms with Crippen LogP contribution in [0.5, 0.6) is 5.75 Å². The van der Waals surface area contributed by atoms with Gasteiger partial charge in [-0.25, -0.2) is 0 Å². The predicted molar refractivity (Wildman–Crippen MR) is 70.9 cm³/mol. The number of ether oxygens (including phenoxy) is 1. The molecule has 0 unspecified atom stereocenters. The SMILES string of the molecule is CCc1oc2c(C)c(OC)ccc2c(=O)c1Br.